The van der Waals surface area contributed by atoms with Crippen LogP contribution < -0.4 is 0 Å². The Hall–Kier alpha value is -7.16. The highest BCUT2D eigenvalue weighted by Crippen LogP contribution is 2.49. The summed E-state index contributed by atoms with van der Waals surface area (Å²) in [5.74, 6) is 0. The minimum absolute atomic E-state index is 1.16. The SMILES string of the molecule is c1ccc(-n2c3ccccc3c3ccc(-c4ccc5c(c4)c4ccccc4n5-c4cccc(-c5ccc6c7c(cccc57)-c5ccccc5-6)c4)cc32)cc1. The molecule has 0 atom stereocenters. The molecule has 0 fully saturated rings. The Morgan fingerprint density at radius 1 is 0.241 bits per heavy atom. The predicted octanol–water partition coefficient (Wildman–Crippen LogP) is 14.0. The van der Waals surface area contributed by atoms with Gasteiger partial charge in [-0.3, -0.25) is 0 Å². The fourth-order valence-electron chi connectivity index (χ4n) is 9.31. The summed E-state index contributed by atoms with van der Waals surface area (Å²) in [6.07, 6.45) is 0. The van der Waals surface area contributed by atoms with Crippen LogP contribution in [0.25, 0.3) is 110 Å². The fraction of sp³-hybridized carbons (Fsp3) is 0. The Morgan fingerprint density at radius 2 is 0.778 bits per heavy atom. The molecule has 0 saturated carbocycles. The van der Waals surface area contributed by atoms with Gasteiger partial charge in [-0.15, -0.1) is 0 Å². The van der Waals surface area contributed by atoms with E-state index in [-0.39, 0.29) is 0 Å². The van der Waals surface area contributed by atoms with Gasteiger partial charge in [0.1, 0.15) is 0 Å². The molecule has 0 unspecified atom stereocenters. The highest BCUT2D eigenvalue weighted by molar-refractivity contribution is 6.19. The normalized spacial score (nSPS) is 12.1. The Labute approximate surface area is 312 Å². The van der Waals surface area contributed by atoms with Crippen molar-refractivity contribution in [3.05, 3.63) is 194 Å². The quantitative estimate of drug-likeness (QED) is 0.175. The maximum absolute atomic E-state index is 2.43. The van der Waals surface area contributed by atoms with Crippen LogP contribution in [0.15, 0.2) is 194 Å². The fourth-order valence-corrected chi connectivity index (χ4v) is 9.31. The molecule has 0 aliphatic heterocycles. The molecule has 2 nitrogen and oxygen atoms in total. The summed E-state index contributed by atoms with van der Waals surface area (Å²) in [6.45, 7) is 0. The van der Waals surface area contributed by atoms with Crippen LogP contribution in [0.2, 0.25) is 0 Å². The molecule has 0 radical (unpaired) electrons. The van der Waals surface area contributed by atoms with Crippen LogP contribution in [0.1, 0.15) is 0 Å². The Morgan fingerprint density at radius 3 is 1.59 bits per heavy atom. The monoisotopic (exact) mass is 684 g/mol. The lowest BCUT2D eigenvalue weighted by atomic mass is 9.94. The van der Waals surface area contributed by atoms with Crippen molar-refractivity contribution in [2.45, 2.75) is 0 Å². The molecule has 1 aliphatic carbocycles. The lowest BCUT2D eigenvalue weighted by Crippen LogP contribution is -1.95. The summed E-state index contributed by atoms with van der Waals surface area (Å²) in [7, 11) is 0. The van der Waals surface area contributed by atoms with E-state index in [9.17, 15) is 0 Å². The molecule has 9 aromatic carbocycles. The van der Waals surface area contributed by atoms with Gasteiger partial charge in [0.15, 0.2) is 0 Å². The third-order valence-electron chi connectivity index (χ3n) is 11.7. The molecule has 0 N–H and O–H groups in total. The Balaban J connectivity index is 1.02. The highest BCUT2D eigenvalue weighted by atomic mass is 15.0. The average Bonchev–Trinajstić information content (AvgIpc) is 3.87. The number of benzene rings is 9. The van der Waals surface area contributed by atoms with E-state index in [2.05, 4.69) is 203 Å². The summed E-state index contributed by atoms with van der Waals surface area (Å²) in [4.78, 5) is 0. The topological polar surface area (TPSA) is 9.86 Å². The zero-order chi connectivity index (χ0) is 35.3. The van der Waals surface area contributed by atoms with Gasteiger partial charge in [-0.05, 0) is 110 Å². The molecule has 0 bridgehead atoms. The van der Waals surface area contributed by atoms with Gasteiger partial charge in [0, 0.05) is 32.9 Å². The van der Waals surface area contributed by atoms with Gasteiger partial charge in [0.05, 0.1) is 22.1 Å². The van der Waals surface area contributed by atoms with Crippen molar-refractivity contribution in [3.63, 3.8) is 0 Å². The van der Waals surface area contributed by atoms with Gasteiger partial charge >= 0.3 is 0 Å². The van der Waals surface area contributed by atoms with Gasteiger partial charge in [-0.1, -0.05) is 140 Å². The van der Waals surface area contributed by atoms with E-state index in [4.69, 9.17) is 0 Å². The number of nitrogens with zero attached hydrogens (tertiary/aromatic N) is 2. The van der Waals surface area contributed by atoms with E-state index in [1.807, 2.05) is 0 Å². The standard InChI is InChI=1S/C52H32N2/c1-2-13-36(14-3-1)53-48-22-8-6-18-41(48)43-26-24-34(32-51(43)53)33-25-29-50-47(31-33)42-19-7-9-23-49(42)54(50)37-15-10-12-35(30-37)38-27-28-46-40-17-5-4-16-39(40)45-21-11-20-44(38)52(45)46/h1-32H. The molecule has 12 rings (SSSR count). The molecule has 0 saturated heterocycles. The summed E-state index contributed by atoms with van der Waals surface area (Å²) < 4.78 is 4.83. The summed E-state index contributed by atoms with van der Waals surface area (Å²) in [5.41, 5.74) is 17.4. The molecule has 54 heavy (non-hydrogen) atoms. The van der Waals surface area contributed by atoms with E-state index < -0.39 is 0 Å². The minimum Gasteiger partial charge on any atom is -0.309 e. The van der Waals surface area contributed by atoms with Crippen LogP contribution in [-0.4, -0.2) is 9.13 Å². The van der Waals surface area contributed by atoms with Crippen LogP contribution >= 0.6 is 0 Å². The first-order valence-corrected chi connectivity index (χ1v) is 18.7. The second-order valence-electron chi connectivity index (χ2n) is 14.5. The van der Waals surface area contributed by atoms with E-state index in [1.165, 1.54) is 105 Å². The number of para-hydroxylation sites is 3. The number of aromatic nitrogens is 2. The van der Waals surface area contributed by atoms with Crippen molar-refractivity contribution in [1.82, 2.24) is 9.13 Å². The molecular weight excluding hydrogens is 653 g/mol. The first kappa shape index (κ1) is 29.4. The lowest BCUT2D eigenvalue weighted by molar-refractivity contribution is 1.18. The van der Waals surface area contributed by atoms with Crippen LogP contribution in [0.5, 0.6) is 0 Å². The smallest absolute Gasteiger partial charge is 0.0547 e. The number of rotatable bonds is 4. The van der Waals surface area contributed by atoms with Gasteiger partial charge in [0.25, 0.3) is 0 Å². The van der Waals surface area contributed by atoms with Crippen LogP contribution in [0.3, 0.4) is 0 Å². The number of hydrogen-bond donors (Lipinski definition) is 0. The van der Waals surface area contributed by atoms with Crippen LogP contribution in [-0.2, 0) is 0 Å². The van der Waals surface area contributed by atoms with Crippen LogP contribution in [0, 0.1) is 0 Å². The third kappa shape index (κ3) is 4.11. The van der Waals surface area contributed by atoms with Crippen LogP contribution in [0.4, 0.5) is 0 Å². The average molecular weight is 685 g/mol. The van der Waals surface area contributed by atoms with E-state index in [1.54, 1.807) is 0 Å². The van der Waals surface area contributed by atoms with Gasteiger partial charge < -0.3 is 9.13 Å². The van der Waals surface area contributed by atoms with Crippen molar-refractivity contribution < 1.29 is 0 Å². The van der Waals surface area contributed by atoms with Gasteiger partial charge in [-0.25, -0.2) is 0 Å². The summed E-state index contributed by atoms with van der Waals surface area (Å²) in [5, 5.41) is 7.69. The van der Waals surface area contributed by atoms with Crippen molar-refractivity contribution in [3.8, 4) is 55.9 Å². The maximum atomic E-state index is 2.43. The molecule has 250 valence electrons. The van der Waals surface area contributed by atoms with E-state index in [0.29, 0.717) is 0 Å². The van der Waals surface area contributed by atoms with Crippen molar-refractivity contribution in [2.24, 2.45) is 0 Å². The minimum atomic E-state index is 1.16. The van der Waals surface area contributed by atoms with Gasteiger partial charge in [0.2, 0.25) is 0 Å². The zero-order valence-corrected chi connectivity index (χ0v) is 29.4. The first-order chi connectivity index (χ1) is 26.8. The number of fused-ring (bicyclic) bond motifs is 9. The zero-order valence-electron chi connectivity index (χ0n) is 29.4. The van der Waals surface area contributed by atoms with Crippen molar-refractivity contribution in [1.29, 1.82) is 0 Å². The molecule has 0 amide bonds. The molecule has 2 aromatic heterocycles. The summed E-state index contributed by atoms with van der Waals surface area (Å²) >= 11 is 0. The number of hydrogen-bond acceptors (Lipinski definition) is 0. The molecule has 0 spiro atoms. The predicted molar refractivity (Wildman–Crippen MR) is 228 cm³/mol. The molecule has 2 heteroatoms. The highest BCUT2D eigenvalue weighted by Gasteiger charge is 2.23. The second-order valence-corrected chi connectivity index (χ2v) is 14.5. The maximum Gasteiger partial charge on any atom is 0.0547 e. The van der Waals surface area contributed by atoms with Crippen molar-refractivity contribution >= 4 is 54.4 Å². The third-order valence-corrected chi connectivity index (χ3v) is 11.7. The second kappa shape index (κ2) is 11.2. The molecule has 11 aromatic rings. The largest absolute Gasteiger partial charge is 0.309 e. The van der Waals surface area contributed by atoms with Crippen molar-refractivity contribution in [2.75, 3.05) is 0 Å². The Bertz CT molecular complexity index is 3290. The van der Waals surface area contributed by atoms with Gasteiger partial charge in [-0.2, -0.15) is 0 Å². The summed E-state index contributed by atoms with van der Waals surface area (Å²) in [6, 6.07) is 71.4. The van der Waals surface area contributed by atoms with E-state index in [0.717, 1.165) is 5.69 Å². The molecule has 1 aliphatic rings. The lowest BCUT2D eigenvalue weighted by Gasteiger charge is -2.13. The molecular formula is C52H32N2. The van der Waals surface area contributed by atoms with E-state index >= 15 is 0 Å². The first-order valence-electron chi connectivity index (χ1n) is 18.7. The Kier molecular flexibility index (Phi) is 6.09. The molecule has 2 heterocycles.